The van der Waals surface area contributed by atoms with Crippen LogP contribution in [-0.4, -0.2) is 102 Å². The molecular formula is C44H63N6S2+. The highest BCUT2D eigenvalue weighted by atomic mass is 33.1. The van der Waals surface area contributed by atoms with Gasteiger partial charge in [-0.25, -0.2) is 0 Å². The van der Waals surface area contributed by atoms with Crippen LogP contribution in [0.5, 0.6) is 0 Å². The molecule has 0 radical (unpaired) electrons. The van der Waals surface area contributed by atoms with Crippen molar-refractivity contribution in [2.24, 2.45) is 4.99 Å². The second kappa shape index (κ2) is 26.2. The van der Waals surface area contributed by atoms with E-state index in [4.69, 9.17) is 0 Å². The third-order valence-corrected chi connectivity index (χ3v) is 11.2. The van der Waals surface area contributed by atoms with Crippen LogP contribution in [0.15, 0.2) is 108 Å². The van der Waals surface area contributed by atoms with E-state index in [0.717, 1.165) is 65.2 Å². The fraction of sp³-hybridized carbons (Fsp3) is 0.409. The van der Waals surface area contributed by atoms with E-state index in [2.05, 4.69) is 162 Å². The van der Waals surface area contributed by atoms with Crippen molar-refractivity contribution in [2.45, 2.75) is 33.2 Å². The second-order valence-electron chi connectivity index (χ2n) is 13.0. The number of pyridine rings is 1. The summed E-state index contributed by atoms with van der Waals surface area (Å²) in [5.74, 6) is 2.33. The molecule has 2 aromatic carbocycles. The Morgan fingerprint density at radius 2 is 1.12 bits per heavy atom. The first-order valence-electron chi connectivity index (χ1n) is 18.8. The molecule has 52 heavy (non-hydrogen) atoms. The molecule has 0 N–H and O–H groups in total. The Morgan fingerprint density at radius 3 is 1.67 bits per heavy atom. The first-order chi connectivity index (χ1) is 25.4. The van der Waals surface area contributed by atoms with Gasteiger partial charge in [0.1, 0.15) is 6.54 Å². The van der Waals surface area contributed by atoms with Crippen molar-refractivity contribution >= 4 is 57.4 Å². The van der Waals surface area contributed by atoms with Crippen molar-refractivity contribution in [2.75, 3.05) is 95.3 Å². The zero-order valence-electron chi connectivity index (χ0n) is 32.6. The molecule has 1 heterocycles. The highest BCUT2D eigenvalue weighted by Gasteiger charge is 2.06. The van der Waals surface area contributed by atoms with E-state index in [1.807, 2.05) is 59.0 Å². The molecule has 0 spiro atoms. The lowest BCUT2D eigenvalue weighted by atomic mass is 10.1. The molecule has 0 fully saturated rings. The van der Waals surface area contributed by atoms with Gasteiger partial charge < -0.3 is 19.6 Å². The first kappa shape index (κ1) is 42.8. The Morgan fingerprint density at radius 1 is 0.577 bits per heavy atom. The van der Waals surface area contributed by atoms with Gasteiger partial charge >= 0.3 is 0 Å². The number of hydrogen-bond acceptors (Lipinski definition) is 7. The molecule has 0 saturated heterocycles. The molecule has 280 valence electrons. The second-order valence-corrected chi connectivity index (χ2v) is 15.7. The van der Waals surface area contributed by atoms with Crippen LogP contribution in [0.4, 0.5) is 11.4 Å². The number of aryl methyl sites for hydroxylation is 1. The number of hydrogen-bond donors (Lipinski definition) is 0. The SMILES string of the molecule is CCN=C\C=C/C=C/C=C/c1ccc(N(C)CCCN(C)CCSSCCN(C)CCCN(C)c2ccc(/C=C/c3cccc[n+]3CC)cc2)cc1. The van der Waals surface area contributed by atoms with E-state index < -0.39 is 0 Å². The molecule has 0 bridgehead atoms. The van der Waals surface area contributed by atoms with Crippen LogP contribution in [0.1, 0.15) is 43.5 Å². The van der Waals surface area contributed by atoms with E-state index in [1.54, 1.807) is 0 Å². The third kappa shape index (κ3) is 17.8. The smallest absolute Gasteiger partial charge is 0.205 e. The lowest BCUT2D eigenvalue weighted by Gasteiger charge is -2.22. The topological polar surface area (TPSA) is 29.2 Å². The van der Waals surface area contributed by atoms with Gasteiger partial charge in [-0.3, -0.25) is 4.99 Å². The predicted octanol–water partition coefficient (Wildman–Crippen LogP) is 8.98. The molecule has 0 aliphatic carbocycles. The Kier molecular flexibility index (Phi) is 21.6. The van der Waals surface area contributed by atoms with Crippen LogP contribution >= 0.6 is 21.6 Å². The average Bonchev–Trinajstić information content (AvgIpc) is 3.16. The molecule has 0 aliphatic rings. The Hall–Kier alpha value is -3.56. The molecule has 8 heteroatoms. The summed E-state index contributed by atoms with van der Waals surface area (Å²) in [6.07, 6.45) is 22.9. The molecule has 6 nitrogen and oxygen atoms in total. The summed E-state index contributed by atoms with van der Waals surface area (Å²) in [6.45, 7) is 12.6. The average molecular weight is 740 g/mol. The van der Waals surface area contributed by atoms with Gasteiger partial charge in [0.2, 0.25) is 5.69 Å². The molecule has 0 aliphatic heterocycles. The molecule has 1 aromatic heterocycles. The normalized spacial score (nSPS) is 12.3. The zero-order valence-corrected chi connectivity index (χ0v) is 34.2. The van der Waals surface area contributed by atoms with Gasteiger partial charge in [0.15, 0.2) is 6.20 Å². The van der Waals surface area contributed by atoms with Gasteiger partial charge in [0.05, 0.1) is 0 Å². The van der Waals surface area contributed by atoms with E-state index in [-0.39, 0.29) is 0 Å². The van der Waals surface area contributed by atoms with Crippen LogP contribution in [0, 0.1) is 0 Å². The van der Waals surface area contributed by atoms with E-state index in [9.17, 15) is 0 Å². The first-order valence-corrected chi connectivity index (χ1v) is 21.3. The molecule has 0 saturated carbocycles. The van der Waals surface area contributed by atoms with Gasteiger partial charge in [0, 0.05) is 94.1 Å². The third-order valence-electron chi connectivity index (χ3n) is 8.80. The number of allylic oxidation sites excluding steroid dienone is 5. The van der Waals surface area contributed by atoms with Crippen LogP contribution in [0.3, 0.4) is 0 Å². The minimum atomic E-state index is 0.820. The van der Waals surface area contributed by atoms with Crippen LogP contribution in [-0.2, 0) is 6.54 Å². The highest BCUT2D eigenvalue weighted by molar-refractivity contribution is 8.76. The molecule has 0 amide bonds. The number of rotatable bonds is 25. The minimum absolute atomic E-state index is 0.820. The molecular weight excluding hydrogens is 677 g/mol. The number of aliphatic imine (C=N–C) groups is 1. The Labute approximate surface area is 324 Å². The maximum absolute atomic E-state index is 4.16. The van der Waals surface area contributed by atoms with Gasteiger partial charge in [-0.1, -0.05) is 76.2 Å². The summed E-state index contributed by atoms with van der Waals surface area (Å²) in [5.41, 5.74) is 6.19. The molecule has 0 atom stereocenters. The van der Waals surface area contributed by atoms with Crippen LogP contribution in [0.2, 0.25) is 0 Å². The summed E-state index contributed by atoms with van der Waals surface area (Å²) in [5, 5.41) is 0. The van der Waals surface area contributed by atoms with Gasteiger partial charge in [-0.2, -0.15) is 4.57 Å². The van der Waals surface area contributed by atoms with Gasteiger partial charge in [-0.15, -0.1) is 0 Å². The van der Waals surface area contributed by atoms with Crippen molar-refractivity contribution < 1.29 is 4.57 Å². The number of aromatic nitrogens is 1. The maximum Gasteiger partial charge on any atom is 0.205 e. The number of anilines is 2. The van der Waals surface area contributed by atoms with Crippen molar-refractivity contribution in [3.63, 3.8) is 0 Å². The minimum Gasteiger partial charge on any atom is -0.375 e. The molecule has 0 unspecified atom stereocenters. The summed E-state index contributed by atoms with van der Waals surface area (Å²) in [4.78, 5) is 13.8. The largest absolute Gasteiger partial charge is 0.375 e. The summed E-state index contributed by atoms with van der Waals surface area (Å²) >= 11 is 0. The van der Waals surface area contributed by atoms with E-state index in [0.29, 0.717) is 0 Å². The monoisotopic (exact) mass is 739 g/mol. The van der Waals surface area contributed by atoms with Crippen molar-refractivity contribution in [3.8, 4) is 0 Å². The lowest BCUT2D eigenvalue weighted by Crippen LogP contribution is -2.34. The highest BCUT2D eigenvalue weighted by Crippen LogP contribution is 2.21. The summed E-state index contributed by atoms with van der Waals surface area (Å²) in [6, 6.07) is 24.0. The quantitative estimate of drug-likeness (QED) is 0.0284. The van der Waals surface area contributed by atoms with Gasteiger partial charge in [-0.05, 0) is 107 Å². The van der Waals surface area contributed by atoms with Gasteiger partial charge in [0.25, 0.3) is 0 Å². The van der Waals surface area contributed by atoms with Crippen LogP contribution < -0.4 is 14.4 Å². The molecule has 3 rings (SSSR count). The number of benzene rings is 2. The van der Waals surface area contributed by atoms with Crippen LogP contribution in [0.25, 0.3) is 18.2 Å². The fourth-order valence-electron chi connectivity index (χ4n) is 5.51. The fourth-order valence-corrected chi connectivity index (χ4v) is 7.67. The Bertz CT molecular complexity index is 1530. The summed E-state index contributed by atoms with van der Waals surface area (Å²) < 4.78 is 2.25. The maximum atomic E-state index is 4.16. The number of nitrogens with zero attached hydrogens (tertiary/aromatic N) is 6. The Balaban J connectivity index is 1.19. The predicted molar refractivity (Wildman–Crippen MR) is 236 cm³/mol. The van der Waals surface area contributed by atoms with Crippen molar-refractivity contribution in [1.29, 1.82) is 0 Å². The standard InChI is InChI=1S/C44H63N6S2/c1-7-45-30-14-11-9-10-12-18-40-20-25-42(26-21-40)48(5)33-16-31-46(3)36-38-51-52-39-37-47(4)32-17-34-49(6)43-27-22-41(23-28-43)24-29-44-19-13-15-35-50(44)8-2/h9-15,18-30,35H,7-8,16-17,31-34,36-39H2,1-6H3/q+1/b10-9+,14-11-,18-12+,45-30?. The van der Waals surface area contributed by atoms with E-state index >= 15 is 0 Å². The van der Waals surface area contributed by atoms with Crippen molar-refractivity contribution in [1.82, 2.24) is 9.80 Å². The lowest BCUT2D eigenvalue weighted by molar-refractivity contribution is -0.695. The summed E-state index contributed by atoms with van der Waals surface area (Å²) in [7, 11) is 12.9. The van der Waals surface area contributed by atoms with Crippen molar-refractivity contribution in [3.05, 3.63) is 120 Å². The van der Waals surface area contributed by atoms with E-state index in [1.165, 1.54) is 39.7 Å². The zero-order chi connectivity index (χ0) is 37.2. The molecule has 3 aromatic rings.